The average molecular weight is 337 g/mol. The van der Waals surface area contributed by atoms with Gasteiger partial charge in [-0.05, 0) is 30.0 Å². The number of hydrogen-bond donors (Lipinski definition) is 2. The number of aryl methyl sites for hydroxylation is 1. The molecule has 1 aliphatic heterocycles. The lowest BCUT2D eigenvalue weighted by Crippen LogP contribution is -2.52. The van der Waals surface area contributed by atoms with Crippen LogP contribution in [0.3, 0.4) is 0 Å². The van der Waals surface area contributed by atoms with E-state index in [1.807, 2.05) is 0 Å². The second kappa shape index (κ2) is 8.99. The van der Waals surface area contributed by atoms with Gasteiger partial charge in [0.05, 0.1) is 13.2 Å². The van der Waals surface area contributed by atoms with E-state index in [0.29, 0.717) is 30.6 Å². The van der Waals surface area contributed by atoms with Crippen LogP contribution in [0.1, 0.15) is 25.0 Å². The van der Waals surface area contributed by atoms with Gasteiger partial charge in [0.15, 0.2) is 0 Å². The number of nitrogens with one attached hydrogen (secondary N) is 2. The van der Waals surface area contributed by atoms with Crippen molar-refractivity contribution in [3.8, 4) is 0 Å². The second-order valence-electron chi connectivity index (χ2n) is 6.61. The smallest absolute Gasteiger partial charge is 0.315 e. The summed E-state index contributed by atoms with van der Waals surface area (Å²) in [6.45, 7) is 10.3. The fourth-order valence-electron chi connectivity index (χ4n) is 2.95. The van der Waals surface area contributed by atoms with Crippen molar-refractivity contribution in [3.63, 3.8) is 0 Å². The van der Waals surface area contributed by atoms with Gasteiger partial charge in [0.2, 0.25) is 0 Å². The van der Waals surface area contributed by atoms with Crippen molar-refractivity contribution in [2.45, 2.75) is 33.4 Å². The molecule has 1 saturated heterocycles. The van der Waals surface area contributed by atoms with Crippen LogP contribution in [0.15, 0.2) is 18.2 Å². The summed E-state index contributed by atoms with van der Waals surface area (Å²) in [5.41, 5.74) is 1.47. The van der Waals surface area contributed by atoms with Crippen molar-refractivity contribution in [3.05, 3.63) is 35.1 Å². The first kappa shape index (κ1) is 18.7. The fraction of sp³-hybridized carbons (Fsp3) is 0.611. The van der Waals surface area contributed by atoms with Gasteiger partial charge in [-0.3, -0.25) is 4.90 Å². The molecular weight excluding hydrogens is 309 g/mol. The van der Waals surface area contributed by atoms with Crippen molar-refractivity contribution in [2.75, 3.05) is 32.8 Å². The van der Waals surface area contributed by atoms with Gasteiger partial charge < -0.3 is 15.4 Å². The third-order valence-electron chi connectivity index (χ3n) is 4.43. The minimum Gasteiger partial charge on any atom is -0.379 e. The molecule has 2 N–H and O–H groups in total. The topological polar surface area (TPSA) is 53.6 Å². The highest BCUT2D eigenvalue weighted by Crippen LogP contribution is 2.12. The Labute approximate surface area is 143 Å². The van der Waals surface area contributed by atoms with E-state index in [9.17, 15) is 9.18 Å². The molecule has 5 nitrogen and oxygen atoms in total. The standard InChI is InChI=1S/C18H28FN3O2/c1-13(2)17(22-6-8-24-9-7-22)12-21-18(23)20-11-15-4-5-16(19)14(3)10-15/h4-5,10,13,17H,6-9,11-12H2,1-3H3,(H2,20,21,23). The summed E-state index contributed by atoms with van der Waals surface area (Å²) in [7, 11) is 0. The lowest BCUT2D eigenvalue weighted by Gasteiger charge is -2.36. The number of hydrogen-bond acceptors (Lipinski definition) is 3. The largest absolute Gasteiger partial charge is 0.379 e. The Morgan fingerprint density at radius 1 is 1.29 bits per heavy atom. The van der Waals surface area contributed by atoms with Crippen molar-refractivity contribution in [2.24, 2.45) is 5.92 Å². The molecule has 2 rings (SSSR count). The highest BCUT2D eigenvalue weighted by atomic mass is 19.1. The number of rotatable bonds is 6. The highest BCUT2D eigenvalue weighted by molar-refractivity contribution is 5.73. The summed E-state index contributed by atoms with van der Waals surface area (Å²) in [6, 6.07) is 4.97. The molecule has 0 aliphatic carbocycles. The van der Waals surface area contributed by atoms with Crippen LogP contribution in [-0.2, 0) is 11.3 Å². The van der Waals surface area contributed by atoms with Crippen LogP contribution in [0.5, 0.6) is 0 Å². The zero-order valence-electron chi connectivity index (χ0n) is 14.8. The van der Waals surface area contributed by atoms with E-state index in [-0.39, 0.29) is 11.8 Å². The Kier molecular flexibility index (Phi) is 6.99. The third-order valence-corrected chi connectivity index (χ3v) is 4.43. The van der Waals surface area contributed by atoms with E-state index < -0.39 is 0 Å². The highest BCUT2D eigenvalue weighted by Gasteiger charge is 2.24. The quantitative estimate of drug-likeness (QED) is 0.837. The molecule has 1 aliphatic rings. The minimum absolute atomic E-state index is 0.198. The number of amides is 2. The molecule has 1 aromatic carbocycles. The van der Waals surface area contributed by atoms with Crippen LogP contribution >= 0.6 is 0 Å². The van der Waals surface area contributed by atoms with Gasteiger partial charge in [-0.1, -0.05) is 26.0 Å². The summed E-state index contributed by atoms with van der Waals surface area (Å²) in [5, 5.41) is 5.78. The van der Waals surface area contributed by atoms with Gasteiger partial charge in [-0.2, -0.15) is 0 Å². The lowest BCUT2D eigenvalue weighted by molar-refractivity contribution is 0.00719. The molecule has 1 heterocycles. The zero-order valence-corrected chi connectivity index (χ0v) is 14.8. The Morgan fingerprint density at radius 3 is 2.62 bits per heavy atom. The molecule has 2 amide bonds. The molecule has 1 unspecified atom stereocenters. The Hall–Kier alpha value is -1.66. The summed E-state index contributed by atoms with van der Waals surface area (Å²) in [6.07, 6.45) is 0. The molecule has 1 fully saturated rings. The first-order valence-corrected chi connectivity index (χ1v) is 8.56. The van der Waals surface area contributed by atoms with E-state index in [1.54, 1.807) is 19.1 Å². The molecule has 0 bridgehead atoms. The molecular formula is C18H28FN3O2. The van der Waals surface area contributed by atoms with Crippen LogP contribution in [-0.4, -0.2) is 49.8 Å². The average Bonchev–Trinajstić information content (AvgIpc) is 2.57. The van der Waals surface area contributed by atoms with E-state index in [4.69, 9.17) is 4.74 Å². The number of morpholine rings is 1. The number of carbonyl (C=O) groups excluding carboxylic acids is 1. The molecule has 134 valence electrons. The van der Waals surface area contributed by atoms with Crippen LogP contribution < -0.4 is 10.6 Å². The number of nitrogens with zero attached hydrogens (tertiary/aromatic N) is 1. The van der Waals surface area contributed by atoms with E-state index in [1.165, 1.54) is 6.07 Å². The Balaban J connectivity index is 1.79. The molecule has 0 radical (unpaired) electrons. The second-order valence-corrected chi connectivity index (χ2v) is 6.61. The van der Waals surface area contributed by atoms with Gasteiger partial charge in [0.1, 0.15) is 5.82 Å². The van der Waals surface area contributed by atoms with Crippen LogP contribution in [0, 0.1) is 18.7 Å². The van der Waals surface area contributed by atoms with Gasteiger partial charge >= 0.3 is 6.03 Å². The first-order valence-electron chi connectivity index (χ1n) is 8.56. The first-order chi connectivity index (χ1) is 11.5. The predicted molar refractivity (Wildman–Crippen MR) is 92.4 cm³/mol. The van der Waals surface area contributed by atoms with Crippen LogP contribution in [0.25, 0.3) is 0 Å². The molecule has 1 aromatic rings. The van der Waals surface area contributed by atoms with Crippen LogP contribution in [0.2, 0.25) is 0 Å². The molecule has 0 spiro atoms. The SMILES string of the molecule is Cc1cc(CNC(=O)NCC(C(C)C)N2CCOCC2)ccc1F. The fourth-order valence-corrected chi connectivity index (χ4v) is 2.95. The number of urea groups is 1. The maximum Gasteiger partial charge on any atom is 0.315 e. The Morgan fingerprint density at radius 2 is 2.00 bits per heavy atom. The molecule has 1 atom stereocenters. The number of carbonyl (C=O) groups is 1. The van der Waals surface area contributed by atoms with Crippen molar-refractivity contribution < 1.29 is 13.9 Å². The van der Waals surface area contributed by atoms with Gasteiger partial charge in [0, 0.05) is 32.2 Å². The molecule has 0 aromatic heterocycles. The number of benzene rings is 1. The van der Waals surface area contributed by atoms with E-state index in [0.717, 1.165) is 31.9 Å². The van der Waals surface area contributed by atoms with Gasteiger partial charge in [0.25, 0.3) is 0 Å². The van der Waals surface area contributed by atoms with Crippen molar-refractivity contribution in [1.29, 1.82) is 0 Å². The number of ether oxygens (including phenoxy) is 1. The summed E-state index contributed by atoms with van der Waals surface area (Å²) >= 11 is 0. The summed E-state index contributed by atoms with van der Waals surface area (Å²) < 4.78 is 18.6. The van der Waals surface area contributed by atoms with Gasteiger partial charge in [-0.15, -0.1) is 0 Å². The van der Waals surface area contributed by atoms with Crippen molar-refractivity contribution >= 4 is 6.03 Å². The van der Waals surface area contributed by atoms with E-state index in [2.05, 4.69) is 29.4 Å². The summed E-state index contributed by atoms with van der Waals surface area (Å²) in [4.78, 5) is 14.4. The zero-order chi connectivity index (χ0) is 17.5. The predicted octanol–water partition coefficient (Wildman–Crippen LogP) is 2.29. The Bertz CT molecular complexity index is 545. The minimum atomic E-state index is -0.228. The maximum absolute atomic E-state index is 13.2. The molecule has 6 heteroatoms. The monoisotopic (exact) mass is 337 g/mol. The van der Waals surface area contributed by atoms with Crippen molar-refractivity contribution in [1.82, 2.24) is 15.5 Å². The van der Waals surface area contributed by atoms with Crippen LogP contribution in [0.4, 0.5) is 9.18 Å². The molecule has 0 saturated carbocycles. The lowest BCUT2D eigenvalue weighted by atomic mass is 10.0. The number of halogens is 1. The van der Waals surface area contributed by atoms with E-state index >= 15 is 0 Å². The molecule has 24 heavy (non-hydrogen) atoms. The van der Waals surface area contributed by atoms with Gasteiger partial charge in [-0.25, -0.2) is 9.18 Å². The maximum atomic E-state index is 13.2. The normalized spacial score (nSPS) is 16.9. The summed E-state index contributed by atoms with van der Waals surface area (Å²) in [5.74, 6) is 0.219. The third kappa shape index (κ3) is 5.46.